The summed E-state index contributed by atoms with van der Waals surface area (Å²) in [5.41, 5.74) is 5.15. The normalized spacial score (nSPS) is 23.4. The highest BCUT2D eigenvalue weighted by atomic mass is 19.4. The molecule has 0 atom stereocenters. The predicted molar refractivity (Wildman–Crippen MR) is 95.1 cm³/mol. The third-order valence-corrected chi connectivity index (χ3v) is 6.10. The summed E-state index contributed by atoms with van der Waals surface area (Å²) in [5, 5.41) is 0. The molecule has 0 aromatic heterocycles. The molecule has 3 heteroatoms. The minimum absolute atomic E-state index is 0.336. The van der Waals surface area contributed by atoms with Gasteiger partial charge in [-0.15, -0.1) is 0 Å². The molecule has 0 aliphatic heterocycles. The molecule has 0 saturated carbocycles. The van der Waals surface area contributed by atoms with Gasteiger partial charge in [-0.1, -0.05) is 60.7 Å². The lowest BCUT2D eigenvalue weighted by Gasteiger charge is -2.33. The maximum Gasteiger partial charge on any atom is 0.416 e. The molecular weight excluding hydrogens is 333 g/mol. The number of rotatable bonds is 1. The molecule has 2 aliphatic carbocycles. The minimum atomic E-state index is -4.31. The van der Waals surface area contributed by atoms with Crippen LogP contribution in [-0.4, -0.2) is 0 Å². The van der Waals surface area contributed by atoms with Gasteiger partial charge in [-0.2, -0.15) is 13.2 Å². The van der Waals surface area contributed by atoms with Gasteiger partial charge in [0, 0.05) is 5.41 Å². The Morgan fingerprint density at radius 2 is 1.19 bits per heavy atom. The molecule has 0 amide bonds. The van der Waals surface area contributed by atoms with E-state index in [0.717, 1.165) is 18.4 Å². The molecule has 3 aromatic rings. The molecule has 3 aromatic carbocycles. The number of hydrogen-bond acceptors (Lipinski definition) is 0. The molecule has 0 nitrogen and oxygen atoms in total. The predicted octanol–water partition coefficient (Wildman–Crippen LogP) is 5.77. The van der Waals surface area contributed by atoms with Gasteiger partial charge >= 0.3 is 6.18 Å². The van der Waals surface area contributed by atoms with Gasteiger partial charge in [0.05, 0.1) is 5.56 Å². The Bertz CT molecular complexity index is 933. The zero-order valence-electron chi connectivity index (χ0n) is 14.1. The Balaban J connectivity index is 1.77. The summed E-state index contributed by atoms with van der Waals surface area (Å²) in [7, 11) is 0. The van der Waals surface area contributed by atoms with Gasteiger partial charge in [0.25, 0.3) is 0 Å². The van der Waals surface area contributed by atoms with E-state index in [9.17, 15) is 13.2 Å². The molecule has 0 spiro atoms. The standard InChI is InChI=1S/C23H17F3/c24-23(25,26)18-11-9-17(10-12-18)22-19(13-15-5-1-3-7-20(15)22)14-16-6-2-4-8-21(16)22/h1-12,19H,13-14H2. The van der Waals surface area contributed by atoms with Crippen LogP contribution in [0.1, 0.15) is 33.4 Å². The van der Waals surface area contributed by atoms with Gasteiger partial charge in [-0.25, -0.2) is 0 Å². The molecule has 0 fully saturated rings. The van der Waals surface area contributed by atoms with Gasteiger partial charge in [-0.3, -0.25) is 0 Å². The number of alkyl halides is 3. The molecule has 130 valence electrons. The average Bonchev–Trinajstić information content (AvgIpc) is 3.12. The van der Waals surface area contributed by atoms with Gasteiger partial charge in [0.2, 0.25) is 0 Å². The Morgan fingerprint density at radius 1 is 0.692 bits per heavy atom. The lowest BCUT2D eigenvalue weighted by Crippen LogP contribution is -2.31. The fourth-order valence-corrected chi connectivity index (χ4v) is 5.13. The summed E-state index contributed by atoms with van der Waals surface area (Å²) in [6.45, 7) is 0. The van der Waals surface area contributed by atoms with Crippen molar-refractivity contribution in [3.63, 3.8) is 0 Å². The topological polar surface area (TPSA) is 0 Å². The molecule has 2 aliphatic rings. The van der Waals surface area contributed by atoms with Crippen LogP contribution in [0.5, 0.6) is 0 Å². The number of hydrogen-bond donors (Lipinski definition) is 0. The smallest absolute Gasteiger partial charge is 0.166 e. The zero-order chi connectivity index (χ0) is 17.9. The second kappa shape index (κ2) is 5.23. The highest BCUT2D eigenvalue weighted by molar-refractivity contribution is 5.62. The van der Waals surface area contributed by atoms with Crippen molar-refractivity contribution in [3.8, 4) is 0 Å². The van der Waals surface area contributed by atoms with Gasteiger partial charge in [0.15, 0.2) is 0 Å². The molecule has 26 heavy (non-hydrogen) atoms. The Kier molecular flexibility index (Phi) is 3.15. The van der Waals surface area contributed by atoms with E-state index in [1.807, 2.05) is 24.3 Å². The largest absolute Gasteiger partial charge is 0.416 e. The van der Waals surface area contributed by atoms with Crippen LogP contribution in [-0.2, 0) is 24.4 Å². The number of halogens is 3. The Labute approximate surface area is 150 Å². The first-order chi connectivity index (χ1) is 12.5. The van der Waals surface area contributed by atoms with Crippen LogP contribution in [0.25, 0.3) is 0 Å². The third-order valence-electron chi connectivity index (χ3n) is 6.10. The molecule has 0 unspecified atom stereocenters. The van der Waals surface area contributed by atoms with Crippen molar-refractivity contribution in [1.29, 1.82) is 0 Å². The van der Waals surface area contributed by atoms with Crippen molar-refractivity contribution < 1.29 is 13.2 Å². The zero-order valence-corrected chi connectivity index (χ0v) is 14.1. The van der Waals surface area contributed by atoms with Crippen molar-refractivity contribution >= 4 is 0 Å². The van der Waals surface area contributed by atoms with Crippen molar-refractivity contribution in [1.82, 2.24) is 0 Å². The summed E-state index contributed by atoms with van der Waals surface area (Å²) in [5.74, 6) is 0.356. The van der Waals surface area contributed by atoms with Crippen LogP contribution < -0.4 is 0 Å². The molecule has 0 saturated heterocycles. The van der Waals surface area contributed by atoms with Crippen molar-refractivity contribution in [2.45, 2.75) is 24.4 Å². The fourth-order valence-electron chi connectivity index (χ4n) is 5.13. The molecule has 0 radical (unpaired) electrons. The van der Waals surface area contributed by atoms with Crippen LogP contribution in [0.2, 0.25) is 0 Å². The molecule has 5 rings (SSSR count). The van der Waals surface area contributed by atoms with E-state index >= 15 is 0 Å². The summed E-state index contributed by atoms with van der Waals surface area (Å²) in [6.07, 6.45) is -2.38. The van der Waals surface area contributed by atoms with Gasteiger partial charge in [0.1, 0.15) is 0 Å². The highest BCUT2D eigenvalue weighted by Crippen LogP contribution is 2.58. The van der Waals surface area contributed by atoms with Gasteiger partial charge < -0.3 is 0 Å². The first kappa shape index (κ1) is 15.7. The summed E-state index contributed by atoms with van der Waals surface area (Å²) in [6, 6.07) is 22.6. The average molecular weight is 350 g/mol. The van der Waals surface area contributed by atoms with Crippen LogP contribution >= 0.6 is 0 Å². The van der Waals surface area contributed by atoms with E-state index in [1.165, 1.54) is 34.4 Å². The van der Waals surface area contributed by atoms with Crippen LogP contribution in [0, 0.1) is 5.92 Å². The maximum absolute atomic E-state index is 13.0. The van der Waals surface area contributed by atoms with E-state index < -0.39 is 11.7 Å². The van der Waals surface area contributed by atoms with Crippen LogP contribution in [0.4, 0.5) is 13.2 Å². The Morgan fingerprint density at radius 3 is 1.69 bits per heavy atom. The summed E-state index contributed by atoms with van der Waals surface area (Å²) >= 11 is 0. The van der Waals surface area contributed by atoms with Crippen molar-refractivity contribution in [3.05, 3.63) is 106 Å². The quantitative estimate of drug-likeness (QED) is 0.523. The monoisotopic (exact) mass is 350 g/mol. The molecule has 0 bridgehead atoms. The molecular formula is C23H17F3. The highest BCUT2D eigenvalue weighted by Gasteiger charge is 2.53. The molecule has 0 N–H and O–H groups in total. The molecule has 0 heterocycles. The van der Waals surface area contributed by atoms with Gasteiger partial charge in [-0.05, 0) is 58.7 Å². The van der Waals surface area contributed by atoms with E-state index in [4.69, 9.17) is 0 Å². The fraction of sp³-hybridized carbons (Fsp3) is 0.217. The van der Waals surface area contributed by atoms with Crippen LogP contribution in [0.15, 0.2) is 72.8 Å². The van der Waals surface area contributed by atoms with E-state index in [1.54, 1.807) is 12.1 Å². The lowest BCUT2D eigenvalue weighted by atomic mass is 9.68. The van der Waals surface area contributed by atoms with Crippen LogP contribution in [0.3, 0.4) is 0 Å². The first-order valence-electron chi connectivity index (χ1n) is 8.86. The minimum Gasteiger partial charge on any atom is -0.166 e. The maximum atomic E-state index is 13.0. The van der Waals surface area contributed by atoms with Crippen molar-refractivity contribution in [2.75, 3.05) is 0 Å². The SMILES string of the molecule is FC(F)(F)c1ccc(C23c4ccccc4CC2Cc2ccccc23)cc1. The van der Waals surface area contributed by atoms with E-state index in [0.29, 0.717) is 5.92 Å². The first-order valence-corrected chi connectivity index (χ1v) is 8.86. The summed E-state index contributed by atoms with van der Waals surface area (Å²) in [4.78, 5) is 0. The van der Waals surface area contributed by atoms with E-state index in [-0.39, 0.29) is 5.41 Å². The third kappa shape index (κ3) is 1.97. The lowest BCUT2D eigenvalue weighted by molar-refractivity contribution is -0.137. The van der Waals surface area contributed by atoms with Crippen molar-refractivity contribution in [2.24, 2.45) is 5.92 Å². The number of fused-ring (bicyclic) bond motifs is 5. The second-order valence-corrected chi connectivity index (χ2v) is 7.30. The summed E-state index contributed by atoms with van der Waals surface area (Å²) < 4.78 is 39.1. The number of benzene rings is 3. The van der Waals surface area contributed by atoms with E-state index in [2.05, 4.69) is 24.3 Å². The Hall–Kier alpha value is -2.55. The second-order valence-electron chi connectivity index (χ2n) is 7.30.